The lowest BCUT2D eigenvalue weighted by Gasteiger charge is -2.14. The van der Waals surface area contributed by atoms with Crippen molar-refractivity contribution in [2.75, 3.05) is 53.5 Å². The van der Waals surface area contributed by atoms with Crippen LogP contribution in [0.25, 0.3) is 0 Å². The van der Waals surface area contributed by atoms with Gasteiger partial charge in [-0.05, 0) is 0 Å². The maximum atomic E-state index is 11.9. The van der Waals surface area contributed by atoms with E-state index in [1.54, 1.807) is 19.2 Å². The van der Waals surface area contributed by atoms with E-state index in [9.17, 15) is 4.79 Å². The van der Waals surface area contributed by atoms with Gasteiger partial charge in [0.2, 0.25) is 11.7 Å². The maximum Gasteiger partial charge on any atom is 0.225 e. The van der Waals surface area contributed by atoms with Crippen molar-refractivity contribution >= 4 is 11.6 Å². The Morgan fingerprint density at radius 2 is 1.64 bits per heavy atom. The number of nitrogens with one attached hydrogen (secondary N) is 2. The lowest BCUT2D eigenvalue weighted by atomic mass is 10.2. The van der Waals surface area contributed by atoms with Crippen molar-refractivity contribution in [2.24, 2.45) is 0 Å². The van der Waals surface area contributed by atoms with Gasteiger partial charge < -0.3 is 29.6 Å². The van der Waals surface area contributed by atoms with Gasteiger partial charge in [0, 0.05) is 44.4 Å². The highest BCUT2D eigenvalue weighted by Gasteiger charge is 2.14. The first-order chi connectivity index (χ1) is 10.7. The molecule has 0 spiro atoms. The van der Waals surface area contributed by atoms with Crippen LogP contribution in [0.5, 0.6) is 17.2 Å². The zero-order valence-electron chi connectivity index (χ0n) is 13.5. The Balaban J connectivity index is 2.63. The average molecular weight is 312 g/mol. The fourth-order valence-electron chi connectivity index (χ4n) is 1.88. The van der Waals surface area contributed by atoms with Gasteiger partial charge in [0.15, 0.2) is 11.5 Å². The zero-order chi connectivity index (χ0) is 16.4. The summed E-state index contributed by atoms with van der Waals surface area (Å²) < 4.78 is 20.6. The van der Waals surface area contributed by atoms with E-state index in [4.69, 9.17) is 18.9 Å². The van der Waals surface area contributed by atoms with Crippen molar-refractivity contribution in [3.63, 3.8) is 0 Å². The van der Waals surface area contributed by atoms with E-state index < -0.39 is 0 Å². The topological polar surface area (TPSA) is 78.1 Å². The second-order valence-corrected chi connectivity index (χ2v) is 4.45. The monoisotopic (exact) mass is 312 g/mol. The average Bonchev–Trinajstić information content (AvgIpc) is 2.53. The lowest BCUT2D eigenvalue weighted by molar-refractivity contribution is -0.116. The fourth-order valence-corrected chi connectivity index (χ4v) is 1.88. The van der Waals surface area contributed by atoms with Crippen LogP contribution in [-0.2, 0) is 9.53 Å². The van der Waals surface area contributed by atoms with E-state index in [-0.39, 0.29) is 5.91 Å². The van der Waals surface area contributed by atoms with E-state index in [1.807, 2.05) is 0 Å². The highest BCUT2D eigenvalue weighted by molar-refractivity contribution is 5.91. The number of carbonyl (C=O) groups is 1. The summed E-state index contributed by atoms with van der Waals surface area (Å²) in [5, 5.41) is 5.92. The molecule has 2 N–H and O–H groups in total. The maximum absolute atomic E-state index is 11.9. The third-order valence-corrected chi connectivity index (χ3v) is 2.96. The molecule has 7 heteroatoms. The number of amides is 1. The van der Waals surface area contributed by atoms with Gasteiger partial charge in [0.05, 0.1) is 27.9 Å². The van der Waals surface area contributed by atoms with Crippen LogP contribution in [-0.4, -0.2) is 54.0 Å². The van der Waals surface area contributed by atoms with Gasteiger partial charge in [-0.25, -0.2) is 0 Å². The molecule has 0 unspecified atom stereocenters. The summed E-state index contributed by atoms with van der Waals surface area (Å²) in [4.78, 5) is 11.9. The molecule has 1 aromatic carbocycles. The minimum Gasteiger partial charge on any atom is -0.493 e. The molecule has 0 saturated carbocycles. The van der Waals surface area contributed by atoms with Crippen LogP contribution < -0.4 is 24.8 Å². The number of anilines is 1. The minimum atomic E-state index is -0.0980. The van der Waals surface area contributed by atoms with Crippen molar-refractivity contribution in [3.8, 4) is 17.2 Å². The number of hydrogen-bond donors (Lipinski definition) is 2. The SMILES string of the molecule is COCCNCCC(=O)Nc1cc(OC)c(OC)c(OC)c1. The van der Waals surface area contributed by atoms with Crippen molar-refractivity contribution in [1.82, 2.24) is 5.32 Å². The summed E-state index contributed by atoms with van der Waals surface area (Å²) in [6, 6.07) is 3.38. The number of benzene rings is 1. The Kier molecular flexibility index (Phi) is 8.09. The first-order valence-electron chi connectivity index (χ1n) is 6.95. The van der Waals surface area contributed by atoms with E-state index in [0.717, 1.165) is 0 Å². The summed E-state index contributed by atoms with van der Waals surface area (Å²) in [5.41, 5.74) is 0.594. The van der Waals surface area contributed by atoms with E-state index in [2.05, 4.69) is 10.6 Å². The standard InChI is InChI=1S/C15H24N2O5/c1-19-8-7-16-6-5-14(18)17-11-9-12(20-2)15(22-4)13(10-11)21-3/h9-10,16H,5-8H2,1-4H3,(H,17,18). The van der Waals surface area contributed by atoms with Gasteiger partial charge in [-0.1, -0.05) is 0 Å². The van der Waals surface area contributed by atoms with Crippen molar-refractivity contribution in [3.05, 3.63) is 12.1 Å². The molecule has 1 aromatic rings. The second-order valence-electron chi connectivity index (χ2n) is 4.45. The van der Waals surface area contributed by atoms with Crippen LogP contribution in [0.4, 0.5) is 5.69 Å². The molecule has 0 radical (unpaired) electrons. The van der Waals surface area contributed by atoms with Crippen LogP contribution in [0.2, 0.25) is 0 Å². The van der Waals surface area contributed by atoms with Crippen molar-refractivity contribution < 1.29 is 23.7 Å². The summed E-state index contributed by atoms with van der Waals surface area (Å²) in [6.07, 6.45) is 0.361. The molecule has 0 bridgehead atoms. The first-order valence-corrected chi connectivity index (χ1v) is 6.95. The largest absolute Gasteiger partial charge is 0.493 e. The molecule has 1 rings (SSSR count). The van der Waals surface area contributed by atoms with Gasteiger partial charge in [-0.2, -0.15) is 0 Å². The number of ether oxygens (including phenoxy) is 4. The van der Waals surface area contributed by atoms with Crippen LogP contribution in [0.15, 0.2) is 12.1 Å². The number of methoxy groups -OCH3 is 4. The lowest BCUT2D eigenvalue weighted by Crippen LogP contribution is -2.24. The highest BCUT2D eigenvalue weighted by Crippen LogP contribution is 2.39. The molecule has 0 aromatic heterocycles. The third-order valence-electron chi connectivity index (χ3n) is 2.96. The number of hydrogen-bond acceptors (Lipinski definition) is 6. The summed E-state index contributed by atoms with van der Waals surface area (Å²) in [7, 11) is 6.23. The van der Waals surface area contributed by atoms with E-state index >= 15 is 0 Å². The number of carbonyl (C=O) groups excluding carboxylic acids is 1. The molecule has 0 aliphatic heterocycles. The summed E-state index contributed by atoms with van der Waals surface area (Å²) in [5.74, 6) is 1.38. The Morgan fingerprint density at radius 1 is 1.00 bits per heavy atom. The van der Waals surface area contributed by atoms with Crippen molar-refractivity contribution in [2.45, 2.75) is 6.42 Å². The van der Waals surface area contributed by atoms with Gasteiger partial charge in [0.1, 0.15) is 0 Å². The Morgan fingerprint density at radius 3 is 2.14 bits per heavy atom. The molecular weight excluding hydrogens is 288 g/mol. The molecule has 0 heterocycles. The predicted octanol–water partition coefficient (Wildman–Crippen LogP) is 1.28. The Labute approximate surface area is 130 Å². The van der Waals surface area contributed by atoms with Crippen LogP contribution in [0, 0.1) is 0 Å². The second kappa shape index (κ2) is 9.86. The smallest absolute Gasteiger partial charge is 0.225 e. The van der Waals surface area contributed by atoms with E-state index in [0.29, 0.717) is 49.1 Å². The molecule has 0 aliphatic carbocycles. The first kappa shape index (κ1) is 18.1. The molecule has 124 valence electrons. The van der Waals surface area contributed by atoms with Crippen LogP contribution >= 0.6 is 0 Å². The molecule has 7 nitrogen and oxygen atoms in total. The van der Waals surface area contributed by atoms with Gasteiger partial charge in [-0.3, -0.25) is 4.79 Å². The van der Waals surface area contributed by atoms with Gasteiger partial charge in [-0.15, -0.1) is 0 Å². The molecule has 22 heavy (non-hydrogen) atoms. The Hall–Kier alpha value is -1.99. The molecule has 0 aliphatic rings. The normalized spacial score (nSPS) is 10.2. The van der Waals surface area contributed by atoms with Crippen LogP contribution in [0.3, 0.4) is 0 Å². The predicted molar refractivity (Wildman–Crippen MR) is 84.1 cm³/mol. The molecule has 0 atom stereocenters. The van der Waals surface area contributed by atoms with Gasteiger partial charge in [0.25, 0.3) is 0 Å². The molecule has 0 saturated heterocycles. The quantitative estimate of drug-likeness (QED) is 0.634. The molecular formula is C15H24N2O5. The molecule has 1 amide bonds. The van der Waals surface area contributed by atoms with Crippen molar-refractivity contribution in [1.29, 1.82) is 0 Å². The third kappa shape index (κ3) is 5.42. The Bertz CT molecular complexity index is 454. The fraction of sp³-hybridized carbons (Fsp3) is 0.533. The minimum absolute atomic E-state index is 0.0980. The zero-order valence-corrected chi connectivity index (χ0v) is 13.5. The van der Waals surface area contributed by atoms with Crippen LogP contribution in [0.1, 0.15) is 6.42 Å². The highest BCUT2D eigenvalue weighted by atomic mass is 16.5. The van der Waals surface area contributed by atoms with E-state index in [1.165, 1.54) is 21.3 Å². The number of rotatable bonds is 10. The van der Waals surface area contributed by atoms with Gasteiger partial charge >= 0.3 is 0 Å². The molecule has 0 fully saturated rings. The summed E-state index contributed by atoms with van der Waals surface area (Å²) >= 11 is 0. The summed E-state index contributed by atoms with van der Waals surface area (Å²) in [6.45, 7) is 1.92.